The number of hydrogen-bond acceptors (Lipinski definition) is 4. The molecule has 0 spiro atoms. The van der Waals surface area contributed by atoms with Crippen LogP contribution >= 0.6 is 0 Å². The van der Waals surface area contributed by atoms with Crippen molar-refractivity contribution in [2.24, 2.45) is 5.92 Å². The Balaban J connectivity index is 1.80. The topological polar surface area (TPSA) is 62.6 Å². The fourth-order valence-corrected chi connectivity index (χ4v) is 3.77. The molecule has 0 N–H and O–H groups in total. The number of morpholine rings is 1. The Labute approximate surface area is 136 Å². The first-order valence-electron chi connectivity index (χ1n) is 8.16. The molecule has 1 saturated heterocycles. The van der Waals surface area contributed by atoms with Crippen LogP contribution in [0.25, 0.3) is 0 Å². The number of carbonyl (C=O) groups is 1. The average Bonchev–Trinajstić information content (AvgIpc) is 3.10. The van der Waals surface area contributed by atoms with Gasteiger partial charge in [-0.3, -0.25) is 4.79 Å². The zero-order valence-electron chi connectivity index (χ0n) is 13.4. The van der Waals surface area contributed by atoms with Gasteiger partial charge in [0, 0.05) is 25.1 Å². The highest BCUT2D eigenvalue weighted by molar-refractivity contribution is 5.94. The highest BCUT2D eigenvalue weighted by atomic mass is 16.5. The third-order valence-corrected chi connectivity index (χ3v) is 4.99. The Hall–Kier alpha value is -1.90. The molecule has 0 radical (unpaired) electrons. The van der Waals surface area contributed by atoms with Crippen molar-refractivity contribution in [2.75, 3.05) is 26.9 Å². The molecule has 3 atom stereocenters. The maximum Gasteiger partial charge on any atom is 0.254 e. The molecule has 122 valence electrons. The number of hydrogen-bond donors (Lipinski definition) is 0. The summed E-state index contributed by atoms with van der Waals surface area (Å²) >= 11 is 0. The van der Waals surface area contributed by atoms with Crippen LogP contribution in [0.1, 0.15) is 35.2 Å². The van der Waals surface area contributed by atoms with Crippen LogP contribution in [0.3, 0.4) is 0 Å². The van der Waals surface area contributed by atoms with Crippen LogP contribution in [-0.4, -0.2) is 49.8 Å². The first-order chi connectivity index (χ1) is 11.2. The third-order valence-electron chi connectivity index (χ3n) is 4.99. The van der Waals surface area contributed by atoms with Gasteiger partial charge in [-0.25, -0.2) is 0 Å². The number of methoxy groups -OCH3 is 1. The van der Waals surface area contributed by atoms with Gasteiger partial charge >= 0.3 is 0 Å². The predicted molar refractivity (Wildman–Crippen MR) is 84.9 cm³/mol. The van der Waals surface area contributed by atoms with Gasteiger partial charge in [0.15, 0.2) is 0 Å². The Kier molecular flexibility index (Phi) is 4.94. The van der Waals surface area contributed by atoms with Crippen LogP contribution in [0.4, 0.5) is 0 Å². The standard InChI is InChI=1S/C18H22N2O3/c1-22-17-4-2-3-15(17)16-12-23-10-9-20(16)18(21)14-7-5-13(11-19)6-8-14/h5-8,15-17H,2-4,9-10,12H2,1H3/t15-,16-,17-/m1/s1. The van der Waals surface area contributed by atoms with Gasteiger partial charge in [-0.1, -0.05) is 6.42 Å². The SMILES string of the molecule is CO[C@@H]1CCC[C@@H]1[C@H]1COCCN1C(=O)c1ccc(C#N)cc1. The molecule has 1 saturated carbocycles. The first-order valence-corrected chi connectivity index (χ1v) is 8.16. The maximum atomic E-state index is 12.9. The van der Waals surface area contributed by atoms with Crippen molar-refractivity contribution in [3.8, 4) is 6.07 Å². The lowest BCUT2D eigenvalue weighted by Gasteiger charge is -2.40. The summed E-state index contributed by atoms with van der Waals surface area (Å²) in [5, 5.41) is 8.88. The van der Waals surface area contributed by atoms with Gasteiger partial charge in [0.05, 0.1) is 37.0 Å². The van der Waals surface area contributed by atoms with E-state index in [-0.39, 0.29) is 18.1 Å². The zero-order valence-corrected chi connectivity index (χ0v) is 13.4. The van der Waals surface area contributed by atoms with Crippen LogP contribution in [0, 0.1) is 17.2 Å². The Morgan fingerprint density at radius 3 is 2.83 bits per heavy atom. The van der Waals surface area contributed by atoms with E-state index in [0.717, 1.165) is 19.3 Å². The molecule has 23 heavy (non-hydrogen) atoms. The summed E-state index contributed by atoms with van der Waals surface area (Å²) < 4.78 is 11.3. The first kappa shape index (κ1) is 16.0. The minimum atomic E-state index is 0.0181. The van der Waals surface area contributed by atoms with E-state index in [0.29, 0.717) is 36.8 Å². The van der Waals surface area contributed by atoms with Gasteiger partial charge in [-0.05, 0) is 37.1 Å². The second kappa shape index (κ2) is 7.12. The Morgan fingerprint density at radius 2 is 2.13 bits per heavy atom. The number of benzene rings is 1. The van der Waals surface area contributed by atoms with Gasteiger partial charge < -0.3 is 14.4 Å². The van der Waals surface area contributed by atoms with Crippen LogP contribution < -0.4 is 0 Å². The number of nitrogens with zero attached hydrogens (tertiary/aromatic N) is 2. The summed E-state index contributed by atoms with van der Waals surface area (Å²) in [5.41, 5.74) is 1.19. The minimum Gasteiger partial charge on any atom is -0.381 e. The van der Waals surface area contributed by atoms with Crippen molar-refractivity contribution in [2.45, 2.75) is 31.4 Å². The highest BCUT2D eigenvalue weighted by Gasteiger charge is 2.40. The summed E-state index contributed by atoms with van der Waals surface area (Å²) in [6.45, 7) is 1.76. The molecule has 1 heterocycles. The number of ether oxygens (including phenoxy) is 2. The van der Waals surface area contributed by atoms with Gasteiger partial charge in [0.2, 0.25) is 0 Å². The van der Waals surface area contributed by atoms with E-state index in [2.05, 4.69) is 6.07 Å². The molecule has 1 aromatic carbocycles. The second-order valence-corrected chi connectivity index (χ2v) is 6.20. The number of nitriles is 1. The van der Waals surface area contributed by atoms with Gasteiger partial charge in [-0.15, -0.1) is 0 Å². The molecule has 0 bridgehead atoms. The molecule has 5 nitrogen and oxygen atoms in total. The van der Waals surface area contributed by atoms with Crippen LogP contribution in [0.5, 0.6) is 0 Å². The Morgan fingerprint density at radius 1 is 1.35 bits per heavy atom. The Bertz CT molecular complexity index is 593. The third kappa shape index (κ3) is 3.24. The van der Waals surface area contributed by atoms with E-state index in [4.69, 9.17) is 14.7 Å². The molecule has 1 aliphatic carbocycles. The summed E-state index contributed by atoms with van der Waals surface area (Å²) in [6.07, 6.45) is 3.47. The minimum absolute atomic E-state index is 0.0181. The van der Waals surface area contributed by atoms with Crippen LogP contribution in [0.15, 0.2) is 24.3 Å². The number of amides is 1. The lowest BCUT2D eigenvalue weighted by molar-refractivity contribution is -0.0460. The lowest BCUT2D eigenvalue weighted by Crippen LogP contribution is -2.53. The molecule has 2 aliphatic rings. The average molecular weight is 314 g/mol. The molecule has 1 aliphatic heterocycles. The van der Waals surface area contributed by atoms with Gasteiger partial charge in [0.1, 0.15) is 0 Å². The van der Waals surface area contributed by atoms with E-state index in [1.165, 1.54) is 0 Å². The van der Waals surface area contributed by atoms with Crippen LogP contribution in [-0.2, 0) is 9.47 Å². The van der Waals surface area contributed by atoms with E-state index in [1.807, 2.05) is 4.90 Å². The molecular weight excluding hydrogens is 292 g/mol. The maximum absolute atomic E-state index is 12.9. The lowest BCUT2D eigenvalue weighted by atomic mass is 9.93. The molecule has 1 amide bonds. The molecule has 5 heteroatoms. The molecule has 0 aromatic heterocycles. The van der Waals surface area contributed by atoms with Gasteiger partial charge in [-0.2, -0.15) is 5.26 Å². The number of carbonyl (C=O) groups excluding carboxylic acids is 1. The van der Waals surface area contributed by atoms with Crippen molar-refractivity contribution in [1.29, 1.82) is 5.26 Å². The normalized spacial score (nSPS) is 27.7. The van der Waals surface area contributed by atoms with Crippen LogP contribution in [0.2, 0.25) is 0 Å². The predicted octanol–water partition coefficient (Wildman–Crippen LogP) is 2.21. The molecule has 0 unspecified atom stereocenters. The van der Waals surface area contributed by atoms with Crippen molar-refractivity contribution >= 4 is 5.91 Å². The summed E-state index contributed by atoms with van der Waals surface area (Å²) in [6, 6.07) is 8.99. The number of rotatable bonds is 3. The largest absolute Gasteiger partial charge is 0.381 e. The second-order valence-electron chi connectivity index (χ2n) is 6.20. The smallest absolute Gasteiger partial charge is 0.254 e. The summed E-state index contributed by atoms with van der Waals surface area (Å²) in [5.74, 6) is 0.354. The quantitative estimate of drug-likeness (QED) is 0.858. The molecule has 1 aromatic rings. The molecule has 3 rings (SSSR count). The zero-order chi connectivity index (χ0) is 16.2. The van der Waals surface area contributed by atoms with E-state index in [9.17, 15) is 4.79 Å². The van der Waals surface area contributed by atoms with Crippen molar-refractivity contribution < 1.29 is 14.3 Å². The van der Waals surface area contributed by atoms with Crippen molar-refractivity contribution in [1.82, 2.24) is 4.90 Å². The fraction of sp³-hybridized carbons (Fsp3) is 0.556. The summed E-state index contributed by atoms with van der Waals surface area (Å²) in [4.78, 5) is 14.8. The van der Waals surface area contributed by atoms with Crippen molar-refractivity contribution in [3.05, 3.63) is 35.4 Å². The fourth-order valence-electron chi connectivity index (χ4n) is 3.77. The van der Waals surface area contributed by atoms with E-state index in [1.54, 1.807) is 31.4 Å². The van der Waals surface area contributed by atoms with Crippen molar-refractivity contribution in [3.63, 3.8) is 0 Å². The summed E-state index contributed by atoms with van der Waals surface area (Å²) in [7, 11) is 1.75. The van der Waals surface area contributed by atoms with Gasteiger partial charge in [0.25, 0.3) is 5.91 Å². The molecular formula is C18H22N2O3. The molecule has 2 fully saturated rings. The van der Waals surface area contributed by atoms with E-state index < -0.39 is 0 Å². The van der Waals surface area contributed by atoms with E-state index >= 15 is 0 Å². The monoisotopic (exact) mass is 314 g/mol. The highest BCUT2D eigenvalue weighted by Crippen LogP contribution is 2.34.